The van der Waals surface area contributed by atoms with Crippen LogP contribution < -0.4 is 5.73 Å². The molecule has 1 heterocycles. The Kier molecular flexibility index (Phi) is 2.90. The molecule has 0 bridgehead atoms. The van der Waals surface area contributed by atoms with Gasteiger partial charge in [-0.25, -0.2) is 4.98 Å². The van der Waals surface area contributed by atoms with Gasteiger partial charge in [0, 0.05) is 11.5 Å². The van der Waals surface area contributed by atoms with Gasteiger partial charge in [-0.15, -0.1) is 11.3 Å². The van der Waals surface area contributed by atoms with Gasteiger partial charge in [0.2, 0.25) is 0 Å². The molecule has 0 spiro atoms. The molecule has 3 rings (SSSR count). The first-order valence-corrected chi connectivity index (χ1v) is 7.64. The normalized spacial score (nSPS) is 15.7. The summed E-state index contributed by atoms with van der Waals surface area (Å²) < 4.78 is 0. The van der Waals surface area contributed by atoms with E-state index in [2.05, 4.69) is 45.0 Å². The lowest BCUT2D eigenvalue weighted by Gasteiger charge is -2.18. The lowest BCUT2D eigenvalue weighted by molar-refractivity contribution is 0.590. The van der Waals surface area contributed by atoms with Crippen molar-refractivity contribution < 1.29 is 0 Å². The summed E-state index contributed by atoms with van der Waals surface area (Å²) in [7, 11) is 0. The highest BCUT2D eigenvalue weighted by molar-refractivity contribution is 7.16. The van der Waals surface area contributed by atoms with Gasteiger partial charge in [0.15, 0.2) is 0 Å². The van der Waals surface area contributed by atoms with E-state index in [4.69, 9.17) is 10.7 Å². The number of hydrogen-bond acceptors (Lipinski definition) is 3. The molecule has 0 radical (unpaired) electrons. The zero-order valence-corrected chi connectivity index (χ0v) is 12.6. The average molecular weight is 272 g/mol. The second kappa shape index (κ2) is 4.34. The molecule has 1 aliphatic carbocycles. The largest absolute Gasteiger partial charge is 0.389 e. The zero-order chi connectivity index (χ0) is 13.6. The van der Waals surface area contributed by atoms with Gasteiger partial charge in [0.25, 0.3) is 0 Å². The first kappa shape index (κ1) is 12.7. The number of aromatic nitrogens is 1. The number of anilines is 1. The molecule has 0 amide bonds. The van der Waals surface area contributed by atoms with Crippen LogP contribution in [0.4, 0.5) is 5.00 Å². The molecular formula is C16H20N2S. The van der Waals surface area contributed by atoms with Crippen LogP contribution in [0.15, 0.2) is 24.3 Å². The van der Waals surface area contributed by atoms with Crippen molar-refractivity contribution in [2.24, 2.45) is 0 Å². The standard InChI is InChI=1S/C16H20N2S/c1-16(2,3)12-8-6-10(7-9-12)13-14(17)19-15(18-13)11-4-5-11/h6-9,11H,4-5,17H2,1-3H3. The zero-order valence-electron chi connectivity index (χ0n) is 11.7. The minimum absolute atomic E-state index is 0.186. The molecule has 100 valence electrons. The second-order valence-electron chi connectivity index (χ2n) is 6.37. The van der Waals surface area contributed by atoms with E-state index in [1.165, 1.54) is 23.4 Å². The van der Waals surface area contributed by atoms with Gasteiger partial charge < -0.3 is 5.73 Å². The van der Waals surface area contributed by atoms with E-state index in [0.717, 1.165) is 16.3 Å². The fourth-order valence-corrected chi connectivity index (χ4v) is 3.21. The van der Waals surface area contributed by atoms with E-state index in [1.807, 2.05) is 0 Å². The maximum Gasteiger partial charge on any atom is 0.114 e. The minimum Gasteiger partial charge on any atom is -0.389 e. The van der Waals surface area contributed by atoms with Gasteiger partial charge in [-0.1, -0.05) is 45.0 Å². The number of rotatable bonds is 2. The van der Waals surface area contributed by atoms with Gasteiger partial charge in [-0.3, -0.25) is 0 Å². The molecular weight excluding hydrogens is 252 g/mol. The molecule has 2 nitrogen and oxygen atoms in total. The first-order chi connectivity index (χ1) is 8.95. The Morgan fingerprint density at radius 2 is 1.79 bits per heavy atom. The van der Waals surface area contributed by atoms with E-state index in [9.17, 15) is 0 Å². The average Bonchev–Trinajstić information content (AvgIpc) is 3.12. The van der Waals surface area contributed by atoms with Gasteiger partial charge in [-0.2, -0.15) is 0 Å². The van der Waals surface area contributed by atoms with Crippen LogP contribution in [0.5, 0.6) is 0 Å². The maximum absolute atomic E-state index is 6.12. The van der Waals surface area contributed by atoms with Gasteiger partial charge in [0.05, 0.1) is 5.01 Å². The van der Waals surface area contributed by atoms with Crippen LogP contribution in [-0.4, -0.2) is 4.98 Å². The van der Waals surface area contributed by atoms with Crippen molar-refractivity contribution in [3.05, 3.63) is 34.8 Å². The predicted molar refractivity (Wildman–Crippen MR) is 82.6 cm³/mol. The van der Waals surface area contributed by atoms with Crippen LogP contribution in [0.2, 0.25) is 0 Å². The molecule has 2 N–H and O–H groups in total. The van der Waals surface area contributed by atoms with Crippen LogP contribution in [0.1, 0.15) is 50.1 Å². The van der Waals surface area contributed by atoms with Crippen LogP contribution >= 0.6 is 11.3 Å². The molecule has 2 aromatic rings. The number of nitrogens with two attached hydrogens (primary N) is 1. The Bertz CT molecular complexity index is 586. The molecule has 3 heteroatoms. The second-order valence-corrected chi connectivity index (χ2v) is 7.43. The molecule has 0 saturated heterocycles. The van der Waals surface area contributed by atoms with Crippen LogP contribution in [0, 0.1) is 0 Å². The Labute approximate surface area is 118 Å². The van der Waals surface area contributed by atoms with E-state index >= 15 is 0 Å². The number of benzene rings is 1. The third-order valence-electron chi connectivity index (χ3n) is 3.62. The fraction of sp³-hybridized carbons (Fsp3) is 0.438. The molecule has 1 aliphatic rings. The summed E-state index contributed by atoms with van der Waals surface area (Å²) >= 11 is 1.66. The molecule has 1 fully saturated rings. The van der Waals surface area contributed by atoms with Gasteiger partial charge in [-0.05, 0) is 23.8 Å². The Morgan fingerprint density at radius 1 is 1.16 bits per heavy atom. The number of nitrogens with zero attached hydrogens (tertiary/aromatic N) is 1. The van der Waals surface area contributed by atoms with Crippen molar-refractivity contribution in [1.82, 2.24) is 4.98 Å². The van der Waals surface area contributed by atoms with Crippen molar-refractivity contribution >= 4 is 16.3 Å². The molecule has 1 aromatic heterocycles. The van der Waals surface area contributed by atoms with Crippen molar-refractivity contribution in [2.45, 2.75) is 44.9 Å². The van der Waals surface area contributed by atoms with Crippen molar-refractivity contribution in [2.75, 3.05) is 5.73 Å². The molecule has 0 aliphatic heterocycles. The third kappa shape index (κ3) is 2.52. The highest BCUT2D eigenvalue weighted by atomic mass is 32.1. The third-order valence-corrected chi connectivity index (χ3v) is 4.67. The summed E-state index contributed by atoms with van der Waals surface area (Å²) in [6.45, 7) is 6.68. The predicted octanol–water partition coefficient (Wildman–Crippen LogP) is 4.57. The van der Waals surface area contributed by atoms with Crippen LogP contribution in [0.25, 0.3) is 11.3 Å². The quantitative estimate of drug-likeness (QED) is 0.870. The summed E-state index contributed by atoms with van der Waals surface area (Å²) in [6, 6.07) is 8.65. The van der Waals surface area contributed by atoms with E-state index in [1.54, 1.807) is 11.3 Å². The van der Waals surface area contributed by atoms with E-state index in [-0.39, 0.29) is 5.41 Å². The monoisotopic (exact) mass is 272 g/mol. The summed E-state index contributed by atoms with van der Waals surface area (Å²) in [6.07, 6.45) is 2.55. The lowest BCUT2D eigenvalue weighted by Crippen LogP contribution is -2.10. The summed E-state index contributed by atoms with van der Waals surface area (Å²) in [5, 5.41) is 2.07. The topological polar surface area (TPSA) is 38.9 Å². The molecule has 0 atom stereocenters. The lowest BCUT2D eigenvalue weighted by atomic mass is 9.86. The van der Waals surface area contributed by atoms with Crippen LogP contribution in [-0.2, 0) is 5.41 Å². The Balaban J connectivity index is 1.93. The number of thiazole rings is 1. The molecule has 1 saturated carbocycles. The summed E-state index contributed by atoms with van der Waals surface area (Å²) in [5.74, 6) is 0.676. The van der Waals surface area contributed by atoms with Gasteiger partial charge in [0.1, 0.15) is 10.7 Å². The molecule has 1 aromatic carbocycles. The van der Waals surface area contributed by atoms with E-state index < -0.39 is 0 Å². The Morgan fingerprint density at radius 3 is 2.32 bits per heavy atom. The van der Waals surface area contributed by atoms with Crippen molar-refractivity contribution in [3.63, 3.8) is 0 Å². The summed E-state index contributed by atoms with van der Waals surface area (Å²) in [5.41, 5.74) is 9.74. The maximum atomic E-state index is 6.12. The fourth-order valence-electron chi connectivity index (χ4n) is 2.19. The molecule has 19 heavy (non-hydrogen) atoms. The van der Waals surface area contributed by atoms with Crippen molar-refractivity contribution in [1.29, 1.82) is 0 Å². The summed E-state index contributed by atoms with van der Waals surface area (Å²) in [4.78, 5) is 4.73. The number of hydrogen-bond donors (Lipinski definition) is 1. The van der Waals surface area contributed by atoms with Crippen LogP contribution in [0.3, 0.4) is 0 Å². The highest BCUT2D eigenvalue weighted by Crippen LogP contribution is 2.45. The highest BCUT2D eigenvalue weighted by Gasteiger charge is 2.28. The van der Waals surface area contributed by atoms with Gasteiger partial charge >= 0.3 is 0 Å². The Hall–Kier alpha value is -1.35. The smallest absolute Gasteiger partial charge is 0.114 e. The SMILES string of the molecule is CC(C)(C)c1ccc(-c2nc(C3CC3)sc2N)cc1. The number of nitrogen functional groups attached to an aromatic ring is 1. The van der Waals surface area contributed by atoms with Crippen molar-refractivity contribution in [3.8, 4) is 11.3 Å². The first-order valence-electron chi connectivity index (χ1n) is 6.82. The molecule has 0 unspecified atom stereocenters. The minimum atomic E-state index is 0.186. The van der Waals surface area contributed by atoms with E-state index in [0.29, 0.717) is 5.92 Å².